The van der Waals surface area contributed by atoms with Crippen LogP contribution in [0.3, 0.4) is 0 Å². The molecule has 0 atom stereocenters. The Bertz CT molecular complexity index is 1010. The zero-order chi connectivity index (χ0) is 20.6. The van der Waals surface area contributed by atoms with E-state index in [-0.39, 0.29) is 18.4 Å². The number of nitrogens with one attached hydrogen (secondary N) is 2. The van der Waals surface area contributed by atoms with Crippen LogP contribution in [0.5, 0.6) is 0 Å². The summed E-state index contributed by atoms with van der Waals surface area (Å²) in [5.41, 5.74) is 3.57. The predicted octanol–water partition coefficient (Wildman–Crippen LogP) is 3.01. The van der Waals surface area contributed by atoms with Gasteiger partial charge in [0.2, 0.25) is 5.91 Å². The van der Waals surface area contributed by atoms with Gasteiger partial charge in [0.15, 0.2) is 0 Å². The first-order valence-corrected chi connectivity index (χ1v) is 9.75. The number of carbonyl (C=O) groups excluding carboxylic acids is 2. The molecule has 3 aromatic rings. The molecule has 0 aliphatic rings. The molecule has 0 aliphatic heterocycles. The summed E-state index contributed by atoms with van der Waals surface area (Å²) in [6.07, 6.45) is 3.05. The van der Waals surface area contributed by atoms with Crippen molar-refractivity contribution < 1.29 is 9.59 Å². The molecule has 2 amide bonds. The van der Waals surface area contributed by atoms with Gasteiger partial charge in [0.25, 0.3) is 5.91 Å². The number of para-hydroxylation sites is 2. The smallest absolute Gasteiger partial charge is 0.251 e. The van der Waals surface area contributed by atoms with Crippen LogP contribution in [0.25, 0.3) is 11.0 Å². The van der Waals surface area contributed by atoms with Crippen molar-refractivity contribution in [2.75, 3.05) is 13.1 Å². The van der Waals surface area contributed by atoms with Crippen molar-refractivity contribution in [2.24, 2.45) is 0 Å². The zero-order valence-electron chi connectivity index (χ0n) is 16.6. The maximum absolute atomic E-state index is 12.2. The van der Waals surface area contributed by atoms with Crippen molar-refractivity contribution in [2.45, 2.75) is 26.3 Å². The average Bonchev–Trinajstić information content (AvgIpc) is 3.07. The molecule has 6 heteroatoms. The SMILES string of the molecule is C=CCNC(=O)Cn1c(CCCNC(=O)c2ccc(C)cc2)nc2ccccc21. The zero-order valence-corrected chi connectivity index (χ0v) is 16.6. The van der Waals surface area contributed by atoms with E-state index >= 15 is 0 Å². The monoisotopic (exact) mass is 390 g/mol. The molecule has 0 radical (unpaired) electrons. The van der Waals surface area contributed by atoms with E-state index in [4.69, 9.17) is 0 Å². The molecule has 0 unspecified atom stereocenters. The summed E-state index contributed by atoms with van der Waals surface area (Å²) in [6, 6.07) is 15.3. The van der Waals surface area contributed by atoms with Gasteiger partial charge in [-0.1, -0.05) is 35.9 Å². The summed E-state index contributed by atoms with van der Waals surface area (Å²) in [7, 11) is 0. The van der Waals surface area contributed by atoms with Gasteiger partial charge in [-0.05, 0) is 37.6 Å². The largest absolute Gasteiger partial charge is 0.352 e. The minimum Gasteiger partial charge on any atom is -0.352 e. The number of benzene rings is 2. The highest BCUT2D eigenvalue weighted by molar-refractivity contribution is 5.94. The minimum atomic E-state index is -0.0815. The fourth-order valence-corrected chi connectivity index (χ4v) is 3.13. The number of amides is 2. The second-order valence-electron chi connectivity index (χ2n) is 6.92. The lowest BCUT2D eigenvalue weighted by molar-refractivity contribution is -0.121. The maximum Gasteiger partial charge on any atom is 0.251 e. The Labute approximate surface area is 170 Å². The van der Waals surface area contributed by atoms with Crippen LogP contribution in [-0.2, 0) is 17.8 Å². The van der Waals surface area contributed by atoms with Gasteiger partial charge in [-0.25, -0.2) is 4.98 Å². The molecule has 0 saturated heterocycles. The Kier molecular flexibility index (Phi) is 6.79. The van der Waals surface area contributed by atoms with Gasteiger partial charge in [-0.2, -0.15) is 0 Å². The molecule has 6 nitrogen and oxygen atoms in total. The molecule has 0 aliphatic carbocycles. The van der Waals surface area contributed by atoms with E-state index in [1.165, 1.54) is 0 Å². The molecular formula is C23H26N4O2. The topological polar surface area (TPSA) is 76.0 Å². The number of carbonyl (C=O) groups is 2. The first-order chi connectivity index (χ1) is 14.1. The van der Waals surface area contributed by atoms with E-state index in [9.17, 15) is 9.59 Å². The first-order valence-electron chi connectivity index (χ1n) is 9.75. The number of hydrogen-bond acceptors (Lipinski definition) is 3. The number of hydrogen-bond donors (Lipinski definition) is 2. The Morgan fingerprint density at radius 3 is 2.62 bits per heavy atom. The molecule has 0 saturated carbocycles. The van der Waals surface area contributed by atoms with Gasteiger partial charge in [-0.15, -0.1) is 6.58 Å². The van der Waals surface area contributed by atoms with E-state index in [1.54, 1.807) is 6.08 Å². The third kappa shape index (κ3) is 5.31. The normalized spacial score (nSPS) is 10.7. The maximum atomic E-state index is 12.2. The van der Waals surface area contributed by atoms with Crippen molar-refractivity contribution in [3.63, 3.8) is 0 Å². The molecule has 29 heavy (non-hydrogen) atoms. The lowest BCUT2D eigenvalue weighted by atomic mass is 10.1. The Morgan fingerprint density at radius 1 is 1.10 bits per heavy atom. The summed E-state index contributed by atoms with van der Waals surface area (Å²) in [5, 5.41) is 5.75. The fourth-order valence-electron chi connectivity index (χ4n) is 3.13. The second kappa shape index (κ2) is 9.68. The lowest BCUT2D eigenvalue weighted by Gasteiger charge is -2.10. The van der Waals surface area contributed by atoms with E-state index in [2.05, 4.69) is 22.2 Å². The predicted molar refractivity (Wildman–Crippen MR) is 115 cm³/mol. The van der Waals surface area contributed by atoms with E-state index in [1.807, 2.05) is 60.0 Å². The van der Waals surface area contributed by atoms with Crippen molar-refractivity contribution >= 4 is 22.8 Å². The number of rotatable bonds is 9. The second-order valence-corrected chi connectivity index (χ2v) is 6.92. The van der Waals surface area contributed by atoms with Gasteiger partial charge in [-0.3, -0.25) is 9.59 Å². The number of fused-ring (bicyclic) bond motifs is 1. The first kappa shape index (κ1) is 20.3. The van der Waals surface area contributed by atoms with Crippen LogP contribution in [0, 0.1) is 6.92 Å². The average molecular weight is 390 g/mol. The Hall–Kier alpha value is -3.41. The van der Waals surface area contributed by atoms with Crippen molar-refractivity contribution in [1.29, 1.82) is 0 Å². The standard InChI is InChI=1S/C23H26N4O2/c1-3-14-24-22(28)16-27-20-8-5-4-7-19(20)26-21(27)9-6-15-25-23(29)18-12-10-17(2)11-13-18/h3-5,7-8,10-13H,1,6,9,14-16H2,2H3,(H,24,28)(H,25,29). The van der Waals surface area contributed by atoms with Gasteiger partial charge >= 0.3 is 0 Å². The summed E-state index contributed by atoms with van der Waals surface area (Å²) in [4.78, 5) is 29.1. The molecule has 0 bridgehead atoms. The van der Waals surface area contributed by atoms with Crippen molar-refractivity contribution in [3.05, 3.63) is 78.1 Å². The molecule has 150 valence electrons. The number of aromatic nitrogens is 2. The number of nitrogens with zero attached hydrogens (tertiary/aromatic N) is 2. The summed E-state index contributed by atoms with van der Waals surface area (Å²) >= 11 is 0. The van der Waals surface area contributed by atoms with Crippen LogP contribution in [0.15, 0.2) is 61.2 Å². The van der Waals surface area contributed by atoms with Gasteiger partial charge < -0.3 is 15.2 Å². The van der Waals surface area contributed by atoms with Crippen LogP contribution < -0.4 is 10.6 Å². The van der Waals surface area contributed by atoms with Crippen LogP contribution in [0.2, 0.25) is 0 Å². The molecule has 0 fully saturated rings. The van der Waals surface area contributed by atoms with Gasteiger partial charge in [0.05, 0.1) is 11.0 Å². The quantitative estimate of drug-likeness (QED) is 0.436. The third-order valence-electron chi connectivity index (χ3n) is 4.66. The highest BCUT2D eigenvalue weighted by Gasteiger charge is 2.13. The number of imidazole rings is 1. The highest BCUT2D eigenvalue weighted by Crippen LogP contribution is 2.17. The third-order valence-corrected chi connectivity index (χ3v) is 4.66. The molecular weight excluding hydrogens is 364 g/mol. The lowest BCUT2D eigenvalue weighted by Crippen LogP contribution is -2.28. The summed E-state index contributed by atoms with van der Waals surface area (Å²) in [6.45, 7) is 6.79. The van der Waals surface area contributed by atoms with Crippen LogP contribution in [-0.4, -0.2) is 34.5 Å². The van der Waals surface area contributed by atoms with E-state index in [0.29, 0.717) is 25.1 Å². The Morgan fingerprint density at radius 2 is 1.86 bits per heavy atom. The highest BCUT2D eigenvalue weighted by atomic mass is 16.2. The van der Waals surface area contributed by atoms with Gasteiger partial charge in [0.1, 0.15) is 12.4 Å². The minimum absolute atomic E-state index is 0.0812. The Balaban J connectivity index is 1.62. The molecule has 3 rings (SSSR count). The molecule has 2 aromatic carbocycles. The van der Waals surface area contributed by atoms with Gasteiger partial charge in [0, 0.05) is 25.1 Å². The van der Waals surface area contributed by atoms with E-state index < -0.39 is 0 Å². The van der Waals surface area contributed by atoms with Crippen molar-refractivity contribution in [3.8, 4) is 0 Å². The molecule has 1 aromatic heterocycles. The van der Waals surface area contributed by atoms with Crippen LogP contribution in [0.1, 0.15) is 28.2 Å². The fraction of sp³-hybridized carbons (Fsp3) is 0.261. The van der Waals surface area contributed by atoms with E-state index in [0.717, 1.165) is 28.8 Å². The summed E-state index contributed by atoms with van der Waals surface area (Å²) in [5.74, 6) is 0.675. The molecule has 2 N–H and O–H groups in total. The van der Waals surface area contributed by atoms with Crippen molar-refractivity contribution in [1.82, 2.24) is 20.2 Å². The molecule has 1 heterocycles. The number of aryl methyl sites for hydroxylation is 2. The molecule has 0 spiro atoms. The summed E-state index contributed by atoms with van der Waals surface area (Å²) < 4.78 is 1.94. The van der Waals surface area contributed by atoms with Crippen LogP contribution >= 0.6 is 0 Å². The van der Waals surface area contributed by atoms with Crippen LogP contribution in [0.4, 0.5) is 0 Å².